The number of hydrogen-bond acceptors (Lipinski definition) is 6. The fraction of sp³-hybridized carbons (Fsp3) is 0.706. The predicted octanol–water partition coefficient (Wildman–Crippen LogP) is 1.24. The fourth-order valence-electron chi connectivity index (χ4n) is 3.33. The molecule has 2 aromatic rings. The Morgan fingerprint density at radius 1 is 1.25 bits per heavy atom. The van der Waals surface area contributed by atoms with Crippen molar-refractivity contribution in [2.75, 3.05) is 37.7 Å². The number of nitrogens with one attached hydrogen (secondary N) is 1. The van der Waals surface area contributed by atoms with E-state index in [4.69, 9.17) is 9.84 Å². The van der Waals surface area contributed by atoms with Gasteiger partial charge in [0.05, 0.1) is 6.61 Å². The van der Waals surface area contributed by atoms with Gasteiger partial charge in [-0.25, -0.2) is 0 Å². The van der Waals surface area contributed by atoms with Crippen molar-refractivity contribution < 1.29 is 4.74 Å². The zero-order chi connectivity index (χ0) is 16.7. The third-order valence-electron chi connectivity index (χ3n) is 4.83. The summed E-state index contributed by atoms with van der Waals surface area (Å²) in [7, 11) is 0. The summed E-state index contributed by atoms with van der Waals surface area (Å²) in [5.41, 5.74) is 0.735. The van der Waals surface area contributed by atoms with Gasteiger partial charge in [-0.15, -0.1) is 15.3 Å². The van der Waals surface area contributed by atoms with Crippen molar-refractivity contribution in [3.63, 3.8) is 0 Å². The van der Waals surface area contributed by atoms with Crippen molar-refractivity contribution in [1.82, 2.24) is 25.1 Å². The number of rotatable bonds is 4. The molecule has 0 bridgehead atoms. The standard InChI is InChI=1S/C17H26N6O/c1-17(2,3)16-20-19-14-4-5-15(21-23(14)16)22-9-12(10-22)8-18-13-6-7-24-11-13/h4-5,12-13,18H,6-11H2,1-3H3. The first-order valence-electron chi connectivity index (χ1n) is 8.80. The van der Waals surface area contributed by atoms with Crippen molar-refractivity contribution in [2.24, 2.45) is 5.92 Å². The smallest absolute Gasteiger partial charge is 0.178 e. The van der Waals surface area contributed by atoms with Crippen LogP contribution < -0.4 is 10.2 Å². The Labute approximate surface area is 142 Å². The van der Waals surface area contributed by atoms with Crippen LogP contribution >= 0.6 is 0 Å². The number of anilines is 1. The van der Waals surface area contributed by atoms with Crippen molar-refractivity contribution in [3.8, 4) is 0 Å². The normalized spacial score (nSPS) is 22.3. The van der Waals surface area contributed by atoms with Gasteiger partial charge < -0.3 is 15.0 Å². The topological polar surface area (TPSA) is 67.6 Å². The molecule has 2 aromatic heterocycles. The Kier molecular flexibility index (Phi) is 3.92. The molecule has 4 rings (SSSR count). The van der Waals surface area contributed by atoms with E-state index in [0.29, 0.717) is 12.0 Å². The van der Waals surface area contributed by atoms with E-state index in [1.165, 1.54) is 0 Å². The molecule has 2 saturated heterocycles. The highest BCUT2D eigenvalue weighted by Gasteiger charge is 2.30. The largest absolute Gasteiger partial charge is 0.380 e. The number of fused-ring (bicyclic) bond motifs is 1. The highest BCUT2D eigenvalue weighted by atomic mass is 16.5. The summed E-state index contributed by atoms with van der Waals surface area (Å²) < 4.78 is 7.29. The monoisotopic (exact) mass is 330 g/mol. The second-order valence-electron chi connectivity index (χ2n) is 7.97. The number of nitrogens with zero attached hydrogens (tertiary/aromatic N) is 5. The molecule has 7 nitrogen and oxygen atoms in total. The van der Waals surface area contributed by atoms with Gasteiger partial charge in [-0.3, -0.25) is 0 Å². The minimum absolute atomic E-state index is 0.0736. The van der Waals surface area contributed by atoms with E-state index in [1.807, 2.05) is 16.6 Å². The van der Waals surface area contributed by atoms with Crippen LogP contribution in [0.25, 0.3) is 5.65 Å². The first-order chi connectivity index (χ1) is 11.5. The maximum Gasteiger partial charge on any atom is 0.178 e. The molecule has 2 fully saturated rings. The van der Waals surface area contributed by atoms with E-state index in [1.54, 1.807) is 0 Å². The molecule has 24 heavy (non-hydrogen) atoms. The third kappa shape index (κ3) is 2.98. The van der Waals surface area contributed by atoms with Gasteiger partial charge in [-0.2, -0.15) is 4.52 Å². The SMILES string of the molecule is CC(C)(C)c1nnc2ccc(N3CC(CNC4CCOC4)C3)nn12. The van der Waals surface area contributed by atoms with E-state index in [9.17, 15) is 0 Å². The fourth-order valence-corrected chi connectivity index (χ4v) is 3.33. The van der Waals surface area contributed by atoms with Crippen LogP contribution in [0.15, 0.2) is 12.1 Å². The summed E-state index contributed by atoms with van der Waals surface area (Å²) in [4.78, 5) is 2.32. The van der Waals surface area contributed by atoms with E-state index < -0.39 is 0 Å². The number of ether oxygens (including phenoxy) is 1. The van der Waals surface area contributed by atoms with Gasteiger partial charge >= 0.3 is 0 Å². The molecule has 4 heterocycles. The van der Waals surface area contributed by atoms with Crippen LogP contribution in [0.2, 0.25) is 0 Å². The third-order valence-corrected chi connectivity index (χ3v) is 4.83. The number of aromatic nitrogens is 4. The Balaban J connectivity index is 1.40. The van der Waals surface area contributed by atoms with Gasteiger partial charge in [0.25, 0.3) is 0 Å². The van der Waals surface area contributed by atoms with Crippen molar-refractivity contribution in [1.29, 1.82) is 0 Å². The highest BCUT2D eigenvalue weighted by Crippen LogP contribution is 2.25. The summed E-state index contributed by atoms with van der Waals surface area (Å²) in [6, 6.07) is 4.59. The lowest BCUT2D eigenvalue weighted by molar-refractivity contribution is 0.188. The van der Waals surface area contributed by atoms with E-state index in [-0.39, 0.29) is 5.41 Å². The average molecular weight is 330 g/mol. The first kappa shape index (κ1) is 15.8. The van der Waals surface area contributed by atoms with Crippen molar-refractivity contribution >= 4 is 11.5 Å². The molecule has 1 unspecified atom stereocenters. The highest BCUT2D eigenvalue weighted by molar-refractivity contribution is 5.47. The van der Waals surface area contributed by atoms with Crippen molar-refractivity contribution in [3.05, 3.63) is 18.0 Å². The van der Waals surface area contributed by atoms with Crippen LogP contribution in [0.4, 0.5) is 5.82 Å². The molecule has 0 radical (unpaired) electrons. The molecule has 7 heteroatoms. The Morgan fingerprint density at radius 2 is 2.08 bits per heavy atom. The maximum atomic E-state index is 5.41. The van der Waals surface area contributed by atoms with E-state index in [2.05, 4.69) is 41.2 Å². The maximum absolute atomic E-state index is 5.41. The second-order valence-corrected chi connectivity index (χ2v) is 7.97. The van der Waals surface area contributed by atoms with Gasteiger partial charge in [0.2, 0.25) is 0 Å². The Morgan fingerprint density at radius 3 is 2.79 bits per heavy atom. The molecule has 0 aromatic carbocycles. The van der Waals surface area contributed by atoms with Gasteiger partial charge in [-0.05, 0) is 18.6 Å². The summed E-state index contributed by atoms with van der Waals surface area (Å²) in [5, 5.41) is 16.9. The molecular formula is C17H26N6O. The van der Waals surface area contributed by atoms with Crippen LogP contribution in [0.3, 0.4) is 0 Å². The van der Waals surface area contributed by atoms with E-state index in [0.717, 1.165) is 56.6 Å². The molecule has 0 spiro atoms. The molecular weight excluding hydrogens is 304 g/mol. The molecule has 0 aliphatic carbocycles. The van der Waals surface area contributed by atoms with Crippen molar-refractivity contribution in [2.45, 2.75) is 38.6 Å². The quantitative estimate of drug-likeness (QED) is 0.910. The lowest BCUT2D eigenvalue weighted by atomic mass is 9.96. The van der Waals surface area contributed by atoms with Gasteiger partial charge in [0.1, 0.15) is 5.82 Å². The molecule has 2 aliphatic heterocycles. The second kappa shape index (κ2) is 5.97. The molecule has 1 N–H and O–H groups in total. The Bertz CT molecular complexity index is 709. The molecule has 0 saturated carbocycles. The molecule has 0 amide bonds. The summed E-state index contributed by atoms with van der Waals surface area (Å²) in [6.45, 7) is 11.3. The zero-order valence-electron chi connectivity index (χ0n) is 14.7. The number of hydrogen-bond donors (Lipinski definition) is 1. The first-order valence-corrected chi connectivity index (χ1v) is 8.80. The van der Waals surface area contributed by atoms with Crippen LogP contribution in [0.5, 0.6) is 0 Å². The summed E-state index contributed by atoms with van der Waals surface area (Å²) in [6.07, 6.45) is 1.14. The van der Waals surface area contributed by atoms with E-state index >= 15 is 0 Å². The zero-order valence-corrected chi connectivity index (χ0v) is 14.7. The van der Waals surface area contributed by atoms with Crippen LogP contribution in [-0.2, 0) is 10.2 Å². The van der Waals surface area contributed by atoms with Gasteiger partial charge in [-0.1, -0.05) is 20.8 Å². The minimum atomic E-state index is -0.0736. The van der Waals surface area contributed by atoms with Crippen LogP contribution in [0.1, 0.15) is 33.0 Å². The average Bonchev–Trinajstić information content (AvgIpc) is 3.13. The van der Waals surface area contributed by atoms with Gasteiger partial charge in [0, 0.05) is 43.6 Å². The lowest BCUT2D eigenvalue weighted by Gasteiger charge is -2.40. The van der Waals surface area contributed by atoms with Crippen LogP contribution in [0, 0.1) is 5.92 Å². The summed E-state index contributed by atoms with van der Waals surface area (Å²) in [5.74, 6) is 2.60. The van der Waals surface area contributed by atoms with Crippen LogP contribution in [-0.4, -0.2) is 58.7 Å². The predicted molar refractivity (Wildman–Crippen MR) is 92.4 cm³/mol. The Hall–Kier alpha value is -1.73. The molecule has 1 atom stereocenters. The summed E-state index contributed by atoms with van der Waals surface area (Å²) >= 11 is 0. The molecule has 2 aliphatic rings. The minimum Gasteiger partial charge on any atom is -0.380 e. The lowest BCUT2D eigenvalue weighted by Crippen LogP contribution is -2.52. The van der Waals surface area contributed by atoms with Gasteiger partial charge in [0.15, 0.2) is 11.5 Å². The molecule has 130 valence electrons.